The van der Waals surface area contributed by atoms with E-state index in [1.165, 1.54) is 6.07 Å². The van der Waals surface area contributed by atoms with E-state index in [0.29, 0.717) is 6.61 Å². The van der Waals surface area contributed by atoms with Gasteiger partial charge in [-0.2, -0.15) is 0 Å². The number of nitrogens with zero attached hydrogens (tertiary/aromatic N) is 1. The van der Waals surface area contributed by atoms with E-state index < -0.39 is 0 Å². The second kappa shape index (κ2) is 6.20. The molecule has 1 aromatic carbocycles. The zero-order valence-electron chi connectivity index (χ0n) is 8.96. The summed E-state index contributed by atoms with van der Waals surface area (Å²) < 4.78 is 18.8. The Morgan fingerprint density at radius 1 is 1.40 bits per heavy atom. The van der Waals surface area contributed by atoms with E-state index in [9.17, 15) is 4.39 Å². The Morgan fingerprint density at radius 3 is 2.73 bits per heavy atom. The quantitative estimate of drug-likeness (QED) is 0.819. The van der Waals surface area contributed by atoms with Gasteiger partial charge in [0.25, 0.3) is 0 Å². The number of ether oxygens (including phenoxy) is 1. The van der Waals surface area contributed by atoms with Gasteiger partial charge in [-0.15, -0.1) is 0 Å². The molecule has 0 N–H and O–H groups in total. The molecule has 1 rings (SSSR count). The fourth-order valence-electron chi connectivity index (χ4n) is 1.34. The van der Waals surface area contributed by atoms with E-state index in [2.05, 4.69) is 20.8 Å². The number of benzene rings is 1. The molecule has 0 aliphatic heterocycles. The van der Waals surface area contributed by atoms with Gasteiger partial charge in [-0.1, -0.05) is 15.9 Å². The molecule has 0 aliphatic carbocycles. The van der Waals surface area contributed by atoms with Crippen LogP contribution < -0.4 is 0 Å². The summed E-state index contributed by atoms with van der Waals surface area (Å²) in [6.07, 6.45) is 0. The van der Waals surface area contributed by atoms with Crippen LogP contribution >= 0.6 is 15.9 Å². The number of halogens is 2. The van der Waals surface area contributed by atoms with E-state index in [1.807, 2.05) is 13.1 Å². The summed E-state index contributed by atoms with van der Waals surface area (Å²) in [4.78, 5) is 2.09. The summed E-state index contributed by atoms with van der Waals surface area (Å²) >= 11 is 3.27. The van der Waals surface area contributed by atoms with Gasteiger partial charge < -0.3 is 4.74 Å². The van der Waals surface area contributed by atoms with E-state index >= 15 is 0 Å². The van der Waals surface area contributed by atoms with Crippen molar-refractivity contribution in [1.82, 2.24) is 4.90 Å². The maximum absolute atomic E-state index is 13.1. The van der Waals surface area contributed by atoms with E-state index in [4.69, 9.17) is 4.74 Å². The molecule has 0 aromatic heterocycles. The molecular weight excluding hydrogens is 261 g/mol. The number of hydrogen-bond acceptors (Lipinski definition) is 2. The second-order valence-electron chi connectivity index (χ2n) is 3.51. The summed E-state index contributed by atoms with van der Waals surface area (Å²) in [5.41, 5.74) is 0.959. The van der Waals surface area contributed by atoms with Gasteiger partial charge in [0.2, 0.25) is 0 Å². The Bertz CT molecular complexity index is 299. The van der Waals surface area contributed by atoms with Crippen LogP contribution in [0.25, 0.3) is 0 Å². The summed E-state index contributed by atoms with van der Waals surface area (Å²) in [5.74, 6) is -0.209. The first-order valence-electron chi connectivity index (χ1n) is 4.74. The highest BCUT2D eigenvalue weighted by atomic mass is 79.9. The Hall–Kier alpha value is -0.450. The fourth-order valence-corrected chi connectivity index (χ4v) is 1.85. The first kappa shape index (κ1) is 12.6. The van der Waals surface area contributed by atoms with Gasteiger partial charge in [0, 0.05) is 24.7 Å². The van der Waals surface area contributed by atoms with Crippen LogP contribution in [0.4, 0.5) is 4.39 Å². The second-order valence-corrected chi connectivity index (χ2v) is 4.42. The molecule has 0 aliphatic rings. The number of methoxy groups -OCH3 is 1. The SMILES string of the molecule is COCCN(C)Cc1cc(F)cc(Br)c1. The molecule has 0 atom stereocenters. The van der Waals surface area contributed by atoms with Crippen LogP contribution in [-0.4, -0.2) is 32.2 Å². The molecule has 0 saturated heterocycles. The smallest absolute Gasteiger partial charge is 0.124 e. The van der Waals surface area contributed by atoms with Crippen molar-refractivity contribution in [1.29, 1.82) is 0 Å². The molecular formula is C11H15BrFNO. The zero-order valence-corrected chi connectivity index (χ0v) is 10.6. The third-order valence-corrected chi connectivity index (χ3v) is 2.51. The summed E-state index contributed by atoms with van der Waals surface area (Å²) in [6, 6.07) is 4.93. The Morgan fingerprint density at radius 2 is 2.13 bits per heavy atom. The van der Waals surface area contributed by atoms with E-state index in [-0.39, 0.29) is 5.82 Å². The van der Waals surface area contributed by atoms with Gasteiger partial charge >= 0.3 is 0 Å². The molecule has 0 fully saturated rings. The maximum atomic E-state index is 13.1. The Labute approximate surface area is 98.2 Å². The highest BCUT2D eigenvalue weighted by molar-refractivity contribution is 9.10. The van der Waals surface area contributed by atoms with Crippen molar-refractivity contribution in [3.8, 4) is 0 Å². The lowest BCUT2D eigenvalue weighted by molar-refractivity contribution is 0.158. The lowest BCUT2D eigenvalue weighted by atomic mass is 10.2. The first-order chi connectivity index (χ1) is 7.11. The van der Waals surface area contributed by atoms with Gasteiger partial charge in [-0.25, -0.2) is 4.39 Å². The average Bonchev–Trinajstić information content (AvgIpc) is 2.13. The summed E-state index contributed by atoms with van der Waals surface area (Å²) in [5, 5.41) is 0. The van der Waals surface area contributed by atoms with Gasteiger partial charge in [0.1, 0.15) is 5.82 Å². The van der Waals surface area contributed by atoms with Gasteiger partial charge in [0.05, 0.1) is 6.61 Å². The Balaban J connectivity index is 2.56. The minimum absolute atomic E-state index is 0.209. The van der Waals surface area contributed by atoms with Crippen molar-refractivity contribution >= 4 is 15.9 Å². The zero-order chi connectivity index (χ0) is 11.3. The molecule has 1 aromatic rings. The average molecular weight is 276 g/mol. The fraction of sp³-hybridized carbons (Fsp3) is 0.455. The van der Waals surface area contributed by atoms with Crippen LogP contribution in [0.15, 0.2) is 22.7 Å². The first-order valence-corrected chi connectivity index (χ1v) is 5.53. The molecule has 0 radical (unpaired) electrons. The van der Waals surface area contributed by atoms with Gasteiger partial charge in [0.15, 0.2) is 0 Å². The van der Waals surface area contributed by atoms with Crippen LogP contribution in [0, 0.1) is 5.82 Å². The topological polar surface area (TPSA) is 12.5 Å². The van der Waals surface area contributed by atoms with E-state index in [0.717, 1.165) is 23.1 Å². The highest BCUT2D eigenvalue weighted by Crippen LogP contribution is 2.15. The van der Waals surface area contributed by atoms with Crippen molar-refractivity contribution < 1.29 is 9.13 Å². The van der Waals surface area contributed by atoms with Crippen molar-refractivity contribution in [3.63, 3.8) is 0 Å². The largest absolute Gasteiger partial charge is 0.383 e. The lowest BCUT2D eigenvalue weighted by Gasteiger charge is -2.16. The maximum Gasteiger partial charge on any atom is 0.124 e. The molecule has 84 valence electrons. The molecule has 0 unspecified atom stereocenters. The minimum Gasteiger partial charge on any atom is -0.383 e. The van der Waals surface area contributed by atoms with Gasteiger partial charge in [-0.3, -0.25) is 4.90 Å². The third-order valence-electron chi connectivity index (χ3n) is 2.05. The van der Waals surface area contributed by atoms with Gasteiger partial charge in [-0.05, 0) is 30.8 Å². The molecule has 0 spiro atoms. The highest BCUT2D eigenvalue weighted by Gasteiger charge is 2.02. The van der Waals surface area contributed by atoms with Crippen molar-refractivity contribution in [2.75, 3.05) is 27.3 Å². The predicted molar refractivity (Wildman–Crippen MR) is 62.3 cm³/mol. The van der Waals surface area contributed by atoms with Crippen molar-refractivity contribution in [2.24, 2.45) is 0 Å². The van der Waals surface area contributed by atoms with Crippen LogP contribution in [0.1, 0.15) is 5.56 Å². The molecule has 4 heteroatoms. The number of rotatable bonds is 5. The third kappa shape index (κ3) is 4.73. The molecule has 15 heavy (non-hydrogen) atoms. The molecule has 0 saturated carbocycles. The predicted octanol–water partition coefficient (Wildman–Crippen LogP) is 2.67. The monoisotopic (exact) mass is 275 g/mol. The normalized spacial score (nSPS) is 11.0. The number of hydrogen-bond donors (Lipinski definition) is 0. The summed E-state index contributed by atoms with van der Waals surface area (Å²) in [6.45, 7) is 2.25. The van der Waals surface area contributed by atoms with Crippen LogP contribution in [0.3, 0.4) is 0 Å². The van der Waals surface area contributed by atoms with E-state index in [1.54, 1.807) is 13.2 Å². The molecule has 0 bridgehead atoms. The molecule has 2 nitrogen and oxygen atoms in total. The molecule has 0 heterocycles. The molecule has 0 amide bonds. The van der Waals surface area contributed by atoms with Crippen LogP contribution in [0.2, 0.25) is 0 Å². The Kier molecular flexibility index (Phi) is 5.22. The van der Waals surface area contributed by atoms with Crippen LogP contribution in [-0.2, 0) is 11.3 Å². The standard InChI is InChI=1S/C11H15BrFNO/c1-14(3-4-15-2)8-9-5-10(12)7-11(13)6-9/h5-7H,3-4,8H2,1-2H3. The lowest BCUT2D eigenvalue weighted by Crippen LogP contribution is -2.22. The van der Waals surface area contributed by atoms with Crippen LogP contribution in [0.5, 0.6) is 0 Å². The number of likely N-dealkylation sites (N-methyl/N-ethyl adjacent to an activating group) is 1. The van der Waals surface area contributed by atoms with Crippen molar-refractivity contribution in [3.05, 3.63) is 34.1 Å². The summed E-state index contributed by atoms with van der Waals surface area (Å²) in [7, 11) is 3.66. The van der Waals surface area contributed by atoms with Crippen molar-refractivity contribution in [2.45, 2.75) is 6.54 Å². The minimum atomic E-state index is -0.209.